The molecule has 0 bridgehead atoms. The van der Waals surface area contributed by atoms with Crippen LogP contribution in [0.4, 0.5) is 0 Å². The van der Waals surface area contributed by atoms with E-state index in [9.17, 15) is 14.7 Å². The number of aliphatic hydroxyl groups is 1. The number of cyclic esters (lactones) is 1. The first-order valence-corrected chi connectivity index (χ1v) is 10.8. The van der Waals surface area contributed by atoms with Crippen LogP contribution < -0.4 is 0 Å². The highest BCUT2D eigenvalue weighted by atomic mass is 16.6. The predicted octanol–water partition coefficient (Wildman–Crippen LogP) is 5.19. The molecule has 4 nitrogen and oxygen atoms in total. The van der Waals surface area contributed by atoms with Crippen molar-refractivity contribution in [1.29, 1.82) is 0 Å². The van der Waals surface area contributed by atoms with Gasteiger partial charge < -0.3 is 9.84 Å². The van der Waals surface area contributed by atoms with Gasteiger partial charge in [0.25, 0.3) is 0 Å². The molecule has 0 saturated heterocycles. The smallest absolute Gasteiger partial charge is 0.333 e. The van der Waals surface area contributed by atoms with E-state index in [0.717, 1.165) is 18.3 Å². The van der Waals surface area contributed by atoms with Crippen molar-refractivity contribution < 1.29 is 19.4 Å². The van der Waals surface area contributed by atoms with Gasteiger partial charge in [-0.3, -0.25) is 4.79 Å². The van der Waals surface area contributed by atoms with Crippen molar-refractivity contribution in [3.8, 4) is 0 Å². The molecule has 0 spiro atoms. The van der Waals surface area contributed by atoms with E-state index in [2.05, 4.69) is 32.4 Å². The molecule has 158 valence electrons. The van der Waals surface area contributed by atoms with Crippen LogP contribution in [0.2, 0.25) is 0 Å². The first-order chi connectivity index (χ1) is 13.7. The average Bonchev–Trinajstić information content (AvgIpc) is 2.96. The third kappa shape index (κ3) is 4.48. The van der Waals surface area contributed by atoms with Gasteiger partial charge in [-0.2, -0.15) is 0 Å². The molecular formula is C25H34O4. The summed E-state index contributed by atoms with van der Waals surface area (Å²) in [7, 11) is 0. The SMILES string of the molecule is CC1=C(CC/C(C=O)=C\C=C\C2=CC(=O)O[C@H]2O)[C@@]2(C)CCCC(C)(C)[C@@H]2CC1. The molecule has 0 radical (unpaired) electrons. The highest BCUT2D eigenvalue weighted by Crippen LogP contribution is 2.60. The van der Waals surface area contributed by atoms with E-state index >= 15 is 0 Å². The molecule has 0 aromatic carbocycles. The molecule has 0 aromatic heterocycles. The van der Waals surface area contributed by atoms with E-state index in [1.165, 1.54) is 43.8 Å². The second kappa shape index (κ2) is 8.43. The summed E-state index contributed by atoms with van der Waals surface area (Å²) in [6.45, 7) is 9.57. The van der Waals surface area contributed by atoms with Crippen molar-refractivity contribution in [3.05, 3.63) is 46.6 Å². The number of esters is 1. The molecule has 29 heavy (non-hydrogen) atoms. The minimum Gasteiger partial charge on any atom is -0.428 e. The molecule has 2 aliphatic carbocycles. The molecule has 3 atom stereocenters. The van der Waals surface area contributed by atoms with E-state index in [1.807, 2.05) is 0 Å². The summed E-state index contributed by atoms with van der Waals surface area (Å²) < 4.78 is 4.65. The van der Waals surface area contributed by atoms with E-state index in [4.69, 9.17) is 0 Å². The first kappa shape index (κ1) is 21.8. The van der Waals surface area contributed by atoms with Crippen LogP contribution in [0.15, 0.2) is 46.6 Å². The standard InChI is InChI=1S/C25H34O4/c1-17-9-12-21-24(2,3)13-6-14-25(21,4)20(17)11-10-18(16-26)7-5-8-19-15-22(27)29-23(19)28/h5,7-8,15-16,21,23,28H,6,9-14H2,1-4H3/b8-5+,18-7+/t21-,23+,25+/m0/s1. The van der Waals surface area contributed by atoms with Gasteiger partial charge in [0.2, 0.25) is 6.29 Å². The molecule has 0 amide bonds. The molecule has 0 unspecified atom stereocenters. The lowest BCUT2D eigenvalue weighted by atomic mass is 9.50. The fourth-order valence-electron chi connectivity index (χ4n) is 5.97. The Kier molecular flexibility index (Phi) is 6.33. The molecule has 3 aliphatic rings. The van der Waals surface area contributed by atoms with Gasteiger partial charge in [-0.15, -0.1) is 0 Å². The number of hydrogen-bond donors (Lipinski definition) is 1. The van der Waals surface area contributed by atoms with Crippen LogP contribution in [0, 0.1) is 16.7 Å². The maximum Gasteiger partial charge on any atom is 0.333 e. The minimum absolute atomic E-state index is 0.240. The normalized spacial score (nSPS) is 32.2. The van der Waals surface area contributed by atoms with Crippen LogP contribution in [0.25, 0.3) is 0 Å². The van der Waals surface area contributed by atoms with Crippen LogP contribution in [0.5, 0.6) is 0 Å². The fourth-order valence-corrected chi connectivity index (χ4v) is 5.97. The van der Waals surface area contributed by atoms with Gasteiger partial charge in [0.15, 0.2) is 0 Å². The lowest BCUT2D eigenvalue weighted by Gasteiger charge is -2.55. The van der Waals surface area contributed by atoms with E-state index < -0.39 is 12.3 Å². The van der Waals surface area contributed by atoms with Gasteiger partial charge in [-0.1, -0.05) is 56.6 Å². The van der Waals surface area contributed by atoms with Crippen molar-refractivity contribution in [1.82, 2.24) is 0 Å². The molecule has 4 heteroatoms. The largest absolute Gasteiger partial charge is 0.428 e. The zero-order valence-corrected chi connectivity index (χ0v) is 18.2. The highest BCUT2D eigenvalue weighted by Gasteiger charge is 2.49. The molecule has 3 rings (SSSR count). The van der Waals surface area contributed by atoms with Crippen molar-refractivity contribution in [3.63, 3.8) is 0 Å². The Balaban J connectivity index is 1.72. The monoisotopic (exact) mass is 398 g/mol. The Morgan fingerprint density at radius 3 is 2.72 bits per heavy atom. The Morgan fingerprint density at radius 2 is 2.07 bits per heavy atom. The van der Waals surface area contributed by atoms with Crippen molar-refractivity contribution in [2.45, 2.75) is 78.9 Å². The number of rotatable bonds is 6. The van der Waals surface area contributed by atoms with Gasteiger partial charge in [0.1, 0.15) is 6.29 Å². The van der Waals surface area contributed by atoms with E-state index in [-0.39, 0.29) is 5.41 Å². The quantitative estimate of drug-likeness (QED) is 0.220. The van der Waals surface area contributed by atoms with Crippen LogP contribution in [0.3, 0.4) is 0 Å². The third-order valence-electron chi connectivity index (χ3n) is 7.45. The fraction of sp³-hybridized carbons (Fsp3) is 0.600. The number of hydrogen-bond acceptors (Lipinski definition) is 4. The number of aliphatic hydroxyl groups excluding tert-OH is 1. The molecule has 0 aromatic rings. The summed E-state index contributed by atoms with van der Waals surface area (Å²) in [6, 6.07) is 0. The molecule has 1 saturated carbocycles. The van der Waals surface area contributed by atoms with Crippen LogP contribution in [-0.4, -0.2) is 23.7 Å². The maximum absolute atomic E-state index is 11.6. The summed E-state index contributed by atoms with van der Waals surface area (Å²) >= 11 is 0. The Bertz CT molecular complexity index is 796. The lowest BCUT2D eigenvalue weighted by molar-refractivity contribution is -0.150. The minimum atomic E-state index is -1.21. The topological polar surface area (TPSA) is 63.6 Å². The Hall–Kier alpha value is -1.94. The maximum atomic E-state index is 11.6. The Morgan fingerprint density at radius 1 is 1.31 bits per heavy atom. The van der Waals surface area contributed by atoms with Crippen molar-refractivity contribution in [2.75, 3.05) is 0 Å². The molecule has 1 aliphatic heterocycles. The second-order valence-electron chi connectivity index (χ2n) is 9.76. The zero-order valence-electron chi connectivity index (χ0n) is 18.2. The molecule has 1 fully saturated rings. The number of allylic oxidation sites excluding steroid dienone is 5. The second-order valence-corrected chi connectivity index (χ2v) is 9.76. The number of fused-ring (bicyclic) bond motifs is 1. The van der Waals surface area contributed by atoms with Crippen LogP contribution in [-0.2, 0) is 14.3 Å². The summed E-state index contributed by atoms with van der Waals surface area (Å²) in [5.41, 5.74) is 4.82. The number of carbonyl (C=O) groups is 2. The average molecular weight is 399 g/mol. The zero-order chi connectivity index (χ0) is 21.2. The summed E-state index contributed by atoms with van der Waals surface area (Å²) in [4.78, 5) is 22.8. The summed E-state index contributed by atoms with van der Waals surface area (Å²) in [5.74, 6) is 0.161. The van der Waals surface area contributed by atoms with Crippen LogP contribution >= 0.6 is 0 Å². The number of carbonyl (C=O) groups excluding carboxylic acids is 2. The van der Waals surface area contributed by atoms with Gasteiger partial charge in [-0.05, 0) is 67.8 Å². The third-order valence-corrected chi connectivity index (χ3v) is 7.45. The van der Waals surface area contributed by atoms with Crippen LogP contribution in [0.1, 0.15) is 72.6 Å². The van der Waals surface area contributed by atoms with Gasteiger partial charge in [0.05, 0.1) is 0 Å². The number of ether oxygens (including phenoxy) is 1. The summed E-state index contributed by atoms with van der Waals surface area (Å²) in [5, 5.41) is 9.61. The van der Waals surface area contributed by atoms with Gasteiger partial charge in [-0.25, -0.2) is 4.79 Å². The predicted molar refractivity (Wildman–Crippen MR) is 114 cm³/mol. The summed E-state index contributed by atoms with van der Waals surface area (Å²) in [6.07, 6.45) is 13.9. The highest BCUT2D eigenvalue weighted by molar-refractivity contribution is 5.86. The molecule has 1 N–H and O–H groups in total. The Labute approximate surface area is 174 Å². The van der Waals surface area contributed by atoms with E-state index in [1.54, 1.807) is 23.8 Å². The van der Waals surface area contributed by atoms with Crippen molar-refractivity contribution in [2.24, 2.45) is 16.7 Å². The first-order valence-electron chi connectivity index (χ1n) is 10.8. The lowest BCUT2D eigenvalue weighted by Crippen LogP contribution is -2.45. The van der Waals surface area contributed by atoms with E-state index in [0.29, 0.717) is 23.3 Å². The molecule has 1 heterocycles. The van der Waals surface area contributed by atoms with Gasteiger partial charge in [0, 0.05) is 11.6 Å². The van der Waals surface area contributed by atoms with Crippen molar-refractivity contribution >= 4 is 12.3 Å². The molecular weight excluding hydrogens is 364 g/mol. The van der Waals surface area contributed by atoms with Gasteiger partial charge >= 0.3 is 5.97 Å². The number of aldehydes is 1.